The fourth-order valence-electron chi connectivity index (χ4n) is 2.18. The number of carboxylic acid groups (broad SMARTS) is 1. The topological polar surface area (TPSA) is 156 Å². The molecule has 1 rings (SSSR count). The van der Waals surface area contributed by atoms with Crippen molar-refractivity contribution < 1.29 is 24.3 Å². The van der Waals surface area contributed by atoms with Crippen molar-refractivity contribution in [1.29, 1.82) is 0 Å². The normalized spacial score (nSPS) is 19.6. The first kappa shape index (κ1) is 16.7. The number of piperidine rings is 1. The van der Waals surface area contributed by atoms with Gasteiger partial charge in [-0.05, 0) is 19.3 Å². The summed E-state index contributed by atoms with van der Waals surface area (Å²) in [6, 6.07) is -1.78. The fourth-order valence-corrected chi connectivity index (χ4v) is 2.18. The van der Waals surface area contributed by atoms with Crippen LogP contribution in [0.2, 0.25) is 0 Å². The molecule has 0 aliphatic carbocycles. The predicted molar refractivity (Wildman–Crippen MR) is 71.9 cm³/mol. The summed E-state index contributed by atoms with van der Waals surface area (Å²) in [6.07, 6.45) is 1.02. The number of likely N-dealkylation sites (tertiary alicyclic amines) is 1. The first-order valence-electron chi connectivity index (χ1n) is 6.67. The molecule has 2 atom stereocenters. The number of hydrogen-bond acceptors (Lipinski definition) is 4. The molecule has 21 heavy (non-hydrogen) atoms. The number of hydrogen-bond donors (Lipinski definition) is 4. The highest BCUT2D eigenvalue weighted by atomic mass is 16.4. The molecule has 1 unspecified atom stereocenters. The molecule has 0 aromatic carbocycles. The maximum absolute atomic E-state index is 12.0. The molecular formula is C12H20N4O5. The number of urea groups is 1. The molecule has 1 heterocycles. The minimum absolute atomic E-state index is 0.0799. The van der Waals surface area contributed by atoms with E-state index in [1.807, 2.05) is 0 Å². The van der Waals surface area contributed by atoms with Crippen LogP contribution in [0.15, 0.2) is 0 Å². The van der Waals surface area contributed by atoms with Gasteiger partial charge in [-0.25, -0.2) is 9.59 Å². The van der Waals surface area contributed by atoms with E-state index < -0.39 is 35.8 Å². The Kier molecular flexibility index (Phi) is 5.94. The fraction of sp³-hybridized carbons (Fsp3) is 0.667. The van der Waals surface area contributed by atoms with Crippen LogP contribution in [0, 0.1) is 5.92 Å². The lowest BCUT2D eigenvalue weighted by Gasteiger charge is -2.32. The number of nitrogens with one attached hydrogen (secondary N) is 1. The summed E-state index contributed by atoms with van der Waals surface area (Å²) in [4.78, 5) is 46.2. The van der Waals surface area contributed by atoms with Gasteiger partial charge in [0.2, 0.25) is 11.8 Å². The SMILES string of the molecule is NC(=O)CC[C@@H](NC(=O)N1CCCC(C(N)=O)C1)C(=O)O. The first-order chi connectivity index (χ1) is 9.81. The molecule has 6 N–H and O–H groups in total. The highest BCUT2D eigenvalue weighted by Crippen LogP contribution is 2.16. The molecule has 0 radical (unpaired) electrons. The summed E-state index contributed by atoms with van der Waals surface area (Å²) in [7, 11) is 0. The maximum atomic E-state index is 12.0. The molecule has 118 valence electrons. The molecule has 0 aromatic heterocycles. The van der Waals surface area contributed by atoms with Crippen molar-refractivity contribution in [1.82, 2.24) is 10.2 Å². The lowest BCUT2D eigenvalue weighted by molar-refractivity contribution is -0.139. The third-order valence-corrected chi connectivity index (χ3v) is 3.39. The van der Waals surface area contributed by atoms with Gasteiger partial charge >= 0.3 is 12.0 Å². The number of carboxylic acids is 1. The van der Waals surface area contributed by atoms with Gasteiger partial charge in [0.25, 0.3) is 0 Å². The minimum atomic E-state index is -1.24. The monoisotopic (exact) mass is 300 g/mol. The number of carbonyl (C=O) groups is 4. The molecule has 1 aliphatic rings. The number of rotatable bonds is 6. The van der Waals surface area contributed by atoms with Crippen LogP contribution in [0.3, 0.4) is 0 Å². The highest BCUT2D eigenvalue weighted by molar-refractivity contribution is 5.84. The van der Waals surface area contributed by atoms with Crippen molar-refractivity contribution in [2.75, 3.05) is 13.1 Å². The zero-order valence-corrected chi connectivity index (χ0v) is 11.6. The molecule has 9 heteroatoms. The van der Waals surface area contributed by atoms with Crippen LogP contribution < -0.4 is 16.8 Å². The second kappa shape index (κ2) is 7.46. The molecule has 9 nitrogen and oxygen atoms in total. The molecule has 0 aromatic rings. The molecule has 1 aliphatic heterocycles. The average molecular weight is 300 g/mol. The number of nitrogens with zero attached hydrogens (tertiary/aromatic N) is 1. The van der Waals surface area contributed by atoms with Crippen molar-refractivity contribution in [2.45, 2.75) is 31.7 Å². The van der Waals surface area contributed by atoms with Crippen LogP contribution >= 0.6 is 0 Å². The zero-order valence-electron chi connectivity index (χ0n) is 11.6. The van der Waals surface area contributed by atoms with E-state index in [1.165, 1.54) is 4.90 Å². The number of amides is 4. The van der Waals surface area contributed by atoms with Crippen LogP contribution in [0.4, 0.5) is 4.79 Å². The summed E-state index contributed by atoms with van der Waals surface area (Å²) in [5.41, 5.74) is 10.2. The predicted octanol–water partition coefficient (Wildman–Crippen LogP) is -1.39. The molecule has 4 amide bonds. The number of carbonyl (C=O) groups excluding carboxylic acids is 3. The van der Waals surface area contributed by atoms with Crippen molar-refractivity contribution >= 4 is 23.8 Å². The second-order valence-electron chi connectivity index (χ2n) is 5.03. The summed E-state index contributed by atoms with van der Waals surface area (Å²) in [5, 5.41) is 11.3. The standard InChI is InChI=1S/C12H20N4O5/c13-9(17)4-3-8(11(19)20)15-12(21)16-5-1-2-7(6-16)10(14)18/h7-8H,1-6H2,(H2,13,17)(H2,14,18)(H,15,21)(H,19,20)/t7?,8-/m1/s1. The van der Waals surface area contributed by atoms with E-state index in [-0.39, 0.29) is 19.4 Å². The Morgan fingerprint density at radius 3 is 2.48 bits per heavy atom. The van der Waals surface area contributed by atoms with Gasteiger partial charge in [-0.2, -0.15) is 0 Å². The van der Waals surface area contributed by atoms with E-state index >= 15 is 0 Å². The largest absolute Gasteiger partial charge is 0.480 e. The number of aliphatic carboxylic acids is 1. The van der Waals surface area contributed by atoms with Gasteiger partial charge in [-0.3, -0.25) is 9.59 Å². The number of nitrogens with two attached hydrogens (primary N) is 2. The zero-order chi connectivity index (χ0) is 16.0. The smallest absolute Gasteiger partial charge is 0.326 e. The Bertz CT molecular complexity index is 439. The van der Waals surface area contributed by atoms with Gasteiger partial charge in [0.1, 0.15) is 6.04 Å². The maximum Gasteiger partial charge on any atom is 0.326 e. The van der Waals surface area contributed by atoms with Crippen molar-refractivity contribution in [3.05, 3.63) is 0 Å². The summed E-state index contributed by atoms with van der Waals surface area (Å²) < 4.78 is 0. The van der Waals surface area contributed by atoms with E-state index in [0.29, 0.717) is 19.4 Å². The van der Waals surface area contributed by atoms with E-state index in [1.54, 1.807) is 0 Å². The second-order valence-corrected chi connectivity index (χ2v) is 5.03. The lowest BCUT2D eigenvalue weighted by Crippen LogP contribution is -2.52. The highest BCUT2D eigenvalue weighted by Gasteiger charge is 2.29. The van der Waals surface area contributed by atoms with Crippen molar-refractivity contribution in [3.8, 4) is 0 Å². The number of primary amides is 2. The lowest BCUT2D eigenvalue weighted by atomic mass is 9.98. The third kappa shape index (κ3) is 5.28. The Morgan fingerprint density at radius 1 is 1.29 bits per heavy atom. The molecule has 0 bridgehead atoms. The summed E-state index contributed by atoms with van der Waals surface area (Å²) in [6.45, 7) is 0.598. The van der Waals surface area contributed by atoms with Gasteiger partial charge < -0.3 is 26.8 Å². The van der Waals surface area contributed by atoms with Crippen LogP contribution in [0.1, 0.15) is 25.7 Å². The van der Waals surface area contributed by atoms with E-state index in [4.69, 9.17) is 16.6 Å². The van der Waals surface area contributed by atoms with E-state index in [9.17, 15) is 19.2 Å². The third-order valence-electron chi connectivity index (χ3n) is 3.39. The molecule has 0 spiro atoms. The van der Waals surface area contributed by atoms with Gasteiger partial charge in [0.15, 0.2) is 0 Å². The van der Waals surface area contributed by atoms with Gasteiger partial charge in [-0.15, -0.1) is 0 Å². The Morgan fingerprint density at radius 2 is 1.95 bits per heavy atom. The van der Waals surface area contributed by atoms with E-state index in [2.05, 4.69) is 5.32 Å². The summed E-state index contributed by atoms with van der Waals surface area (Å²) >= 11 is 0. The average Bonchev–Trinajstić information content (AvgIpc) is 2.42. The van der Waals surface area contributed by atoms with Crippen LogP contribution in [0.5, 0.6) is 0 Å². The first-order valence-corrected chi connectivity index (χ1v) is 6.67. The van der Waals surface area contributed by atoms with Gasteiger partial charge in [0, 0.05) is 19.5 Å². The van der Waals surface area contributed by atoms with Gasteiger partial charge in [0.05, 0.1) is 5.92 Å². The quantitative estimate of drug-likeness (QED) is 0.475. The van der Waals surface area contributed by atoms with Crippen LogP contribution in [-0.2, 0) is 14.4 Å². The van der Waals surface area contributed by atoms with Gasteiger partial charge in [-0.1, -0.05) is 0 Å². The molecular weight excluding hydrogens is 280 g/mol. The van der Waals surface area contributed by atoms with Crippen LogP contribution in [-0.4, -0.2) is 53.0 Å². The Hall–Kier alpha value is -2.32. The molecule has 0 saturated carbocycles. The summed E-state index contributed by atoms with van der Waals surface area (Å²) in [5.74, 6) is -2.77. The Balaban J connectivity index is 2.58. The van der Waals surface area contributed by atoms with Crippen molar-refractivity contribution in [2.24, 2.45) is 17.4 Å². The van der Waals surface area contributed by atoms with Crippen LogP contribution in [0.25, 0.3) is 0 Å². The molecule has 1 saturated heterocycles. The Labute approximate surface area is 121 Å². The minimum Gasteiger partial charge on any atom is -0.480 e. The molecule has 1 fully saturated rings. The van der Waals surface area contributed by atoms with E-state index in [0.717, 1.165) is 0 Å². The van der Waals surface area contributed by atoms with Crippen molar-refractivity contribution in [3.63, 3.8) is 0 Å².